The van der Waals surface area contributed by atoms with Gasteiger partial charge in [-0.15, -0.1) is 0 Å². The Balaban J connectivity index is 1.22. The van der Waals surface area contributed by atoms with Crippen molar-refractivity contribution in [2.45, 2.75) is 51.7 Å². The molecule has 0 aliphatic carbocycles. The molecule has 0 unspecified atom stereocenters. The van der Waals surface area contributed by atoms with Crippen molar-refractivity contribution in [2.75, 3.05) is 39.8 Å². The van der Waals surface area contributed by atoms with E-state index in [1.165, 1.54) is 0 Å². The summed E-state index contributed by atoms with van der Waals surface area (Å²) in [7, 11) is 2.16. The summed E-state index contributed by atoms with van der Waals surface area (Å²) in [6.45, 7) is 9.79. The third kappa shape index (κ3) is 4.98. The molecule has 0 saturated carbocycles. The summed E-state index contributed by atoms with van der Waals surface area (Å²) in [5, 5.41) is 4.72. The molecule has 0 radical (unpaired) electrons. The topological polar surface area (TPSA) is 88.0 Å². The number of piperidine rings is 2. The van der Waals surface area contributed by atoms with Gasteiger partial charge in [0, 0.05) is 67.0 Å². The van der Waals surface area contributed by atoms with E-state index in [1.54, 1.807) is 0 Å². The van der Waals surface area contributed by atoms with Gasteiger partial charge in [-0.2, -0.15) is 5.10 Å². The molecule has 4 aromatic rings. The Morgan fingerprint density at radius 3 is 2.57 bits per heavy atom. The molecular weight excluding hydrogens is 464 g/mol. The number of aryl methyl sites for hydroxylation is 1. The van der Waals surface area contributed by atoms with Crippen molar-refractivity contribution in [3.05, 3.63) is 42.6 Å². The Bertz CT molecular complexity index is 1360. The molecule has 0 spiro atoms. The van der Waals surface area contributed by atoms with Crippen LogP contribution in [0.4, 0.5) is 0 Å². The molecule has 6 heterocycles. The van der Waals surface area contributed by atoms with Gasteiger partial charge in [0.05, 0.1) is 24.1 Å². The molecule has 2 aliphatic heterocycles. The zero-order valence-corrected chi connectivity index (χ0v) is 22.0. The third-order valence-electron chi connectivity index (χ3n) is 7.94. The van der Waals surface area contributed by atoms with Gasteiger partial charge in [0.1, 0.15) is 11.6 Å². The minimum atomic E-state index is 0.229. The van der Waals surface area contributed by atoms with Crippen molar-refractivity contribution in [1.82, 2.24) is 39.5 Å². The fraction of sp³-hybridized carbons (Fsp3) is 0.500. The summed E-state index contributed by atoms with van der Waals surface area (Å²) in [4.78, 5) is 22.4. The van der Waals surface area contributed by atoms with Crippen LogP contribution in [0, 0.1) is 6.92 Å². The second kappa shape index (κ2) is 10.2. The molecule has 1 N–H and O–H groups in total. The number of ether oxygens (including phenoxy) is 1. The first-order chi connectivity index (χ1) is 18.1. The molecule has 0 atom stereocenters. The van der Waals surface area contributed by atoms with E-state index in [9.17, 15) is 0 Å². The molecule has 0 bridgehead atoms. The molecule has 6 rings (SSSR count). The average Bonchev–Trinajstić information content (AvgIpc) is 3.58. The fourth-order valence-electron chi connectivity index (χ4n) is 5.51. The predicted molar refractivity (Wildman–Crippen MR) is 145 cm³/mol. The molecule has 2 fully saturated rings. The number of pyridine rings is 1. The molecule has 2 aliphatic rings. The van der Waals surface area contributed by atoms with Gasteiger partial charge in [-0.25, -0.2) is 15.0 Å². The summed E-state index contributed by atoms with van der Waals surface area (Å²) >= 11 is 0. The molecule has 0 amide bonds. The highest BCUT2D eigenvalue weighted by atomic mass is 16.5. The first kappa shape index (κ1) is 24.1. The zero-order valence-electron chi connectivity index (χ0n) is 22.0. The molecule has 0 aromatic carbocycles. The summed E-state index contributed by atoms with van der Waals surface area (Å²) in [5.41, 5.74) is 6.46. The Morgan fingerprint density at radius 1 is 1.00 bits per heavy atom. The summed E-state index contributed by atoms with van der Waals surface area (Å²) < 4.78 is 8.37. The van der Waals surface area contributed by atoms with Gasteiger partial charge in [-0.05, 0) is 52.3 Å². The van der Waals surface area contributed by atoms with Gasteiger partial charge in [0.15, 0.2) is 5.65 Å². The Hall–Kier alpha value is -3.30. The number of nitrogens with zero attached hydrogens (tertiary/aromatic N) is 7. The van der Waals surface area contributed by atoms with E-state index in [2.05, 4.69) is 55.7 Å². The highest BCUT2D eigenvalue weighted by Gasteiger charge is 2.22. The van der Waals surface area contributed by atoms with Gasteiger partial charge in [0.2, 0.25) is 5.88 Å². The number of aromatic nitrogens is 6. The molecule has 194 valence electrons. The average molecular weight is 501 g/mol. The van der Waals surface area contributed by atoms with E-state index in [1.807, 2.05) is 31.7 Å². The first-order valence-electron chi connectivity index (χ1n) is 13.5. The van der Waals surface area contributed by atoms with Gasteiger partial charge in [0.25, 0.3) is 0 Å². The largest absolute Gasteiger partial charge is 0.474 e. The number of fused-ring (bicyclic) bond motifs is 1. The van der Waals surface area contributed by atoms with Crippen molar-refractivity contribution in [1.29, 1.82) is 0 Å². The van der Waals surface area contributed by atoms with Crippen LogP contribution in [0.5, 0.6) is 5.88 Å². The van der Waals surface area contributed by atoms with E-state index in [0.29, 0.717) is 11.9 Å². The van der Waals surface area contributed by atoms with E-state index >= 15 is 0 Å². The molecule has 9 heteroatoms. The van der Waals surface area contributed by atoms with Crippen LogP contribution in [0.25, 0.3) is 33.5 Å². The number of rotatable bonds is 6. The van der Waals surface area contributed by atoms with Crippen LogP contribution in [-0.4, -0.2) is 85.4 Å². The summed E-state index contributed by atoms with van der Waals surface area (Å²) in [6.07, 6.45) is 14.3. The van der Waals surface area contributed by atoms with Crippen LogP contribution < -0.4 is 4.74 Å². The Labute approximate surface area is 217 Å². The maximum Gasteiger partial charge on any atom is 0.216 e. The SMILES string of the molecule is CCN1CCC(n2cc(-c3c[nH]c4ncc(-c5cnc(OC6CCN(C)CC6)c(C)c5)nc34)cn2)CC1. The van der Waals surface area contributed by atoms with Crippen LogP contribution in [0.15, 0.2) is 37.1 Å². The number of hydrogen-bond acceptors (Lipinski definition) is 7. The summed E-state index contributed by atoms with van der Waals surface area (Å²) in [6, 6.07) is 2.55. The van der Waals surface area contributed by atoms with Crippen LogP contribution in [-0.2, 0) is 0 Å². The van der Waals surface area contributed by atoms with Crippen LogP contribution in [0.1, 0.15) is 44.2 Å². The molecule has 37 heavy (non-hydrogen) atoms. The van der Waals surface area contributed by atoms with E-state index in [0.717, 1.165) is 97.5 Å². The second-order valence-corrected chi connectivity index (χ2v) is 10.5. The maximum absolute atomic E-state index is 6.23. The fourth-order valence-corrected chi connectivity index (χ4v) is 5.51. The van der Waals surface area contributed by atoms with Gasteiger partial charge in [-0.3, -0.25) is 4.68 Å². The lowest BCUT2D eigenvalue weighted by Gasteiger charge is -2.31. The van der Waals surface area contributed by atoms with Gasteiger partial charge in [-0.1, -0.05) is 6.92 Å². The lowest BCUT2D eigenvalue weighted by molar-refractivity contribution is 0.109. The first-order valence-corrected chi connectivity index (χ1v) is 13.5. The number of nitrogens with one attached hydrogen (secondary N) is 1. The monoisotopic (exact) mass is 500 g/mol. The minimum Gasteiger partial charge on any atom is -0.474 e. The van der Waals surface area contributed by atoms with Crippen molar-refractivity contribution < 1.29 is 4.74 Å². The van der Waals surface area contributed by atoms with Crippen molar-refractivity contribution in [3.63, 3.8) is 0 Å². The van der Waals surface area contributed by atoms with Crippen LogP contribution >= 0.6 is 0 Å². The second-order valence-electron chi connectivity index (χ2n) is 10.5. The van der Waals surface area contributed by atoms with Crippen molar-refractivity contribution in [2.24, 2.45) is 0 Å². The van der Waals surface area contributed by atoms with E-state index in [4.69, 9.17) is 14.8 Å². The van der Waals surface area contributed by atoms with Crippen LogP contribution in [0.2, 0.25) is 0 Å². The van der Waals surface area contributed by atoms with Crippen LogP contribution in [0.3, 0.4) is 0 Å². The quantitative estimate of drug-likeness (QED) is 0.422. The molecule has 4 aromatic heterocycles. The number of hydrogen-bond donors (Lipinski definition) is 1. The smallest absolute Gasteiger partial charge is 0.216 e. The molecule has 2 saturated heterocycles. The molecule has 9 nitrogen and oxygen atoms in total. The molecular formula is C28H36N8O. The number of H-pyrrole nitrogens is 1. The minimum absolute atomic E-state index is 0.229. The predicted octanol–water partition coefficient (Wildman–Crippen LogP) is 4.32. The third-order valence-corrected chi connectivity index (χ3v) is 7.94. The number of aromatic amines is 1. The number of likely N-dealkylation sites (tertiary alicyclic amines) is 2. The highest BCUT2D eigenvalue weighted by Crippen LogP contribution is 2.31. The lowest BCUT2D eigenvalue weighted by atomic mass is 10.1. The van der Waals surface area contributed by atoms with Gasteiger partial charge < -0.3 is 19.5 Å². The highest BCUT2D eigenvalue weighted by molar-refractivity contribution is 5.91. The van der Waals surface area contributed by atoms with Gasteiger partial charge >= 0.3 is 0 Å². The van der Waals surface area contributed by atoms with Crippen molar-refractivity contribution >= 4 is 11.2 Å². The summed E-state index contributed by atoms with van der Waals surface area (Å²) in [5.74, 6) is 0.715. The van der Waals surface area contributed by atoms with Crippen molar-refractivity contribution in [3.8, 4) is 28.3 Å². The standard InChI is InChI=1S/C28H36N8O/c1-4-35-11-5-22(6-12-35)36-18-21(15-32-36)24-16-29-27-26(24)33-25(17-30-27)20-13-19(2)28(31-14-20)37-23-7-9-34(3)10-8-23/h13-18,22-23H,4-12H2,1-3H3,(H,29,30). The van der Waals surface area contributed by atoms with E-state index in [-0.39, 0.29) is 6.10 Å². The normalized spacial score (nSPS) is 18.6. The zero-order chi connectivity index (χ0) is 25.4. The van der Waals surface area contributed by atoms with E-state index < -0.39 is 0 Å². The maximum atomic E-state index is 6.23. The lowest BCUT2D eigenvalue weighted by Crippen LogP contribution is -2.35. The Morgan fingerprint density at radius 2 is 1.81 bits per heavy atom. The Kier molecular flexibility index (Phi) is 6.65.